The number of hydrogen-bond donors (Lipinski definition) is 1. The van der Waals surface area contributed by atoms with Crippen LogP contribution in [-0.4, -0.2) is 28.2 Å². The van der Waals surface area contributed by atoms with E-state index in [1.54, 1.807) is 18.9 Å². The highest BCUT2D eigenvalue weighted by atomic mass is 32.2. The molecule has 0 radical (unpaired) electrons. The maximum absolute atomic E-state index is 8.76. The maximum Gasteiger partial charge on any atom is 0.170 e. The topological polar surface area (TPSA) is 55.2 Å². The average Bonchev–Trinajstić information content (AvgIpc) is 2.91. The normalized spacial score (nSPS) is 10.0. The fraction of sp³-hybridized carbons (Fsp3) is 0.333. The molecule has 4 nitrogen and oxygen atoms in total. The van der Waals surface area contributed by atoms with Crippen LogP contribution in [0.2, 0.25) is 0 Å². The quantitative estimate of drug-likeness (QED) is 0.678. The van der Waals surface area contributed by atoms with Crippen molar-refractivity contribution in [2.75, 3.05) is 13.7 Å². The van der Waals surface area contributed by atoms with Crippen LogP contribution in [0.5, 0.6) is 5.75 Å². The van der Waals surface area contributed by atoms with Crippen molar-refractivity contribution < 1.29 is 9.84 Å². The molecule has 0 aliphatic carbocycles. The molecule has 1 heterocycles. The molecule has 2 rings (SSSR count). The van der Waals surface area contributed by atoms with Crippen LogP contribution in [0, 0.1) is 18.8 Å². The fourth-order valence-electron chi connectivity index (χ4n) is 1.67. The molecule has 0 atom stereocenters. The van der Waals surface area contributed by atoms with Crippen LogP contribution < -0.4 is 4.74 Å². The molecule has 2 aromatic rings. The standard InChI is InChI=1S/C15H16N2O2S2/c1-11-16-15(21-17-11)20-10-13-9-12(5-3-4-8-18)6-7-14(13)19-2/h6-7,9,18H,4,8,10H2,1-2H3. The van der Waals surface area contributed by atoms with Crippen molar-refractivity contribution in [1.82, 2.24) is 9.36 Å². The van der Waals surface area contributed by atoms with Gasteiger partial charge in [-0.05, 0) is 36.7 Å². The molecule has 0 amide bonds. The zero-order valence-electron chi connectivity index (χ0n) is 11.9. The highest BCUT2D eigenvalue weighted by Crippen LogP contribution is 2.29. The Morgan fingerprint density at radius 3 is 2.95 bits per heavy atom. The summed E-state index contributed by atoms with van der Waals surface area (Å²) in [5.74, 6) is 8.37. The van der Waals surface area contributed by atoms with Crippen LogP contribution in [0.1, 0.15) is 23.4 Å². The zero-order chi connectivity index (χ0) is 15.1. The summed E-state index contributed by atoms with van der Waals surface area (Å²) >= 11 is 3.05. The average molecular weight is 320 g/mol. The molecule has 0 unspecified atom stereocenters. The number of aromatic nitrogens is 2. The fourth-order valence-corrected chi connectivity index (χ4v) is 3.29. The van der Waals surface area contributed by atoms with Crippen LogP contribution in [0.25, 0.3) is 0 Å². The van der Waals surface area contributed by atoms with Crippen LogP contribution in [-0.2, 0) is 5.75 Å². The summed E-state index contributed by atoms with van der Waals surface area (Å²) in [5.41, 5.74) is 2.00. The van der Waals surface area contributed by atoms with E-state index in [0.717, 1.165) is 32.8 Å². The Balaban J connectivity index is 2.12. The monoisotopic (exact) mass is 320 g/mol. The van der Waals surface area contributed by atoms with Gasteiger partial charge in [-0.3, -0.25) is 0 Å². The number of nitrogens with zero attached hydrogens (tertiary/aromatic N) is 2. The van der Waals surface area contributed by atoms with Gasteiger partial charge in [0.05, 0.1) is 13.7 Å². The minimum absolute atomic E-state index is 0.0856. The minimum atomic E-state index is 0.0856. The molecule has 21 heavy (non-hydrogen) atoms. The summed E-state index contributed by atoms with van der Waals surface area (Å²) in [6.07, 6.45) is 0.486. The molecule has 1 N–H and O–H groups in total. The second kappa shape index (κ2) is 8.03. The number of aliphatic hydroxyl groups is 1. The third kappa shape index (κ3) is 4.74. The van der Waals surface area contributed by atoms with E-state index in [0.29, 0.717) is 6.42 Å². The lowest BCUT2D eigenvalue weighted by Gasteiger charge is -2.07. The first-order valence-corrected chi connectivity index (χ1v) is 8.18. The summed E-state index contributed by atoms with van der Waals surface area (Å²) < 4.78 is 10.5. The smallest absolute Gasteiger partial charge is 0.170 e. The van der Waals surface area contributed by atoms with Crippen LogP contribution >= 0.6 is 23.3 Å². The molecule has 0 spiro atoms. The summed E-state index contributed by atoms with van der Waals surface area (Å²) in [6, 6.07) is 5.86. The van der Waals surface area contributed by atoms with E-state index in [1.165, 1.54) is 11.5 Å². The lowest BCUT2D eigenvalue weighted by atomic mass is 10.1. The van der Waals surface area contributed by atoms with Gasteiger partial charge in [-0.15, -0.1) is 0 Å². The van der Waals surface area contributed by atoms with Gasteiger partial charge in [0.15, 0.2) is 4.34 Å². The number of rotatable bonds is 5. The van der Waals surface area contributed by atoms with Gasteiger partial charge in [-0.1, -0.05) is 23.6 Å². The van der Waals surface area contributed by atoms with E-state index >= 15 is 0 Å². The maximum atomic E-state index is 8.76. The Hall–Kier alpha value is -1.55. The van der Waals surface area contributed by atoms with Gasteiger partial charge in [0, 0.05) is 23.3 Å². The molecule has 1 aromatic heterocycles. The highest BCUT2D eigenvalue weighted by Gasteiger charge is 2.07. The number of benzene rings is 1. The number of ether oxygens (including phenoxy) is 1. The zero-order valence-corrected chi connectivity index (χ0v) is 13.6. The molecule has 1 aromatic carbocycles. The predicted octanol–water partition coefficient (Wildman–Crippen LogP) is 2.88. The van der Waals surface area contributed by atoms with Crippen molar-refractivity contribution in [3.05, 3.63) is 35.2 Å². The van der Waals surface area contributed by atoms with E-state index in [2.05, 4.69) is 21.2 Å². The Morgan fingerprint density at radius 1 is 1.43 bits per heavy atom. The number of aryl methyl sites for hydroxylation is 1. The Bertz CT molecular complexity index is 659. The molecular weight excluding hydrogens is 304 g/mol. The van der Waals surface area contributed by atoms with Gasteiger partial charge in [-0.25, -0.2) is 4.98 Å². The summed E-state index contributed by atoms with van der Waals surface area (Å²) in [4.78, 5) is 4.34. The van der Waals surface area contributed by atoms with Crippen LogP contribution in [0.3, 0.4) is 0 Å². The molecule has 0 bridgehead atoms. The van der Waals surface area contributed by atoms with Crippen LogP contribution in [0.4, 0.5) is 0 Å². The molecule has 110 valence electrons. The number of thioether (sulfide) groups is 1. The van der Waals surface area contributed by atoms with Gasteiger partial charge >= 0.3 is 0 Å². The van der Waals surface area contributed by atoms with Gasteiger partial charge in [-0.2, -0.15) is 4.37 Å². The lowest BCUT2D eigenvalue weighted by molar-refractivity contribution is 0.305. The SMILES string of the molecule is COc1ccc(C#CCCO)cc1CSc1nc(C)ns1. The lowest BCUT2D eigenvalue weighted by Crippen LogP contribution is -1.91. The Labute approximate surface area is 132 Å². The molecule has 6 heteroatoms. The second-order valence-corrected chi connectivity index (χ2v) is 6.17. The Morgan fingerprint density at radius 2 is 2.29 bits per heavy atom. The summed E-state index contributed by atoms with van der Waals surface area (Å²) in [5, 5.41) is 8.76. The largest absolute Gasteiger partial charge is 0.496 e. The van der Waals surface area contributed by atoms with Gasteiger partial charge in [0.1, 0.15) is 11.6 Å². The molecule has 0 fully saturated rings. The summed E-state index contributed by atoms with van der Waals surface area (Å²) in [7, 11) is 1.66. The van der Waals surface area contributed by atoms with Crippen molar-refractivity contribution in [1.29, 1.82) is 0 Å². The summed E-state index contributed by atoms with van der Waals surface area (Å²) in [6.45, 7) is 1.97. The van der Waals surface area contributed by atoms with Gasteiger partial charge in [0.2, 0.25) is 0 Å². The van der Waals surface area contributed by atoms with Crippen molar-refractivity contribution in [2.45, 2.75) is 23.4 Å². The predicted molar refractivity (Wildman–Crippen MR) is 85.8 cm³/mol. The van der Waals surface area contributed by atoms with Gasteiger partial charge in [0.25, 0.3) is 0 Å². The third-order valence-corrected chi connectivity index (χ3v) is 4.58. The van der Waals surface area contributed by atoms with E-state index in [-0.39, 0.29) is 6.61 Å². The first-order chi connectivity index (χ1) is 10.2. The van der Waals surface area contributed by atoms with E-state index < -0.39 is 0 Å². The van der Waals surface area contributed by atoms with E-state index in [1.807, 2.05) is 25.1 Å². The van der Waals surface area contributed by atoms with E-state index in [4.69, 9.17) is 9.84 Å². The molecule has 0 aliphatic heterocycles. The minimum Gasteiger partial charge on any atom is -0.496 e. The van der Waals surface area contributed by atoms with Crippen molar-refractivity contribution in [2.24, 2.45) is 0 Å². The third-order valence-electron chi connectivity index (χ3n) is 2.61. The van der Waals surface area contributed by atoms with Crippen molar-refractivity contribution in [3.63, 3.8) is 0 Å². The molecule has 0 saturated heterocycles. The number of aliphatic hydroxyl groups excluding tert-OH is 1. The van der Waals surface area contributed by atoms with Crippen molar-refractivity contribution in [3.8, 4) is 17.6 Å². The highest BCUT2D eigenvalue weighted by molar-refractivity contribution is 8.00. The molecular formula is C15H16N2O2S2. The van der Waals surface area contributed by atoms with E-state index in [9.17, 15) is 0 Å². The first-order valence-electron chi connectivity index (χ1n) is 6.42. The number of methoxy groups -OCH3 is 1. The van der Waals surface area contributed by atoms with Gasteiger partial charge < -0.3 is 9.84 Å². The van der Waals surface area contributed by atoms with Crippen molar-refractivity contribution >= 4 is 23.3 Å². The van der Waals surface area contributed by atoms with Crippen LogP contribution in [0.15, 0.2) is 22.5 Å². The Kier molecular flexibility index (Phi) is 6.05. The number of hydrogen-bond acceptors (Lipinski definition) is 6. The molecule has 0 aliphatic rings. The first kappa shape index (κ1) is 15.8. The second-order valence-electron chi connectivity index (χ2n) is 4.20. The molecule has 0 saturated carbocycles.